The van der Waals surface area contributed by atoms with Crippen molar-refractivity contribution in [3.63, 3.8) is 0 Å². The maximum Gasteiger partial charge on any atom is 0.257 e. The zero-order valence-electron chi connectivity index (χ0n) is 12.7. The maximum absolute atomic E-state index is 12.4. The Hall–Kier alpha value is -2.28. The summed E-state index contributed by atoms with van der Waals surface area (Å²) >= 11 is 1.37. The van der Waals surface area contributed by atoms with E-state index in [1.54, 1.807) is 6.07 Å². The monoisotopic (exact) mass is 326 g/mol. The lowest BCUT2D eigenvalue weighted by Crippen LogP contribution is -2.12. The number of nitrogens with one attached hydrogen (secondary N) is 1. The van der Waals surface area contributed by atoms with Crippen molar-refractivity contribution < 1.29 is 4.79 Å². The molecule has 1 atom stereocenters. The number of amides is 1. The van der Waals surface area contributed by atoms with E-state index in [1.165, 1.54) is 11.3 Å². The highest BCUT2D eigenvalue weighted by Gasteiger charge is 2.11. The summed E-state index contributed by atoms with van der Waals surface area (Å²) in [5.74, 6) is -0.180. The van der Waals surface area contributed by atoms with Gasteiger partial charge in [0.2, 0.25) is 0 Å². The summed E-state index contributed by atoms with van der Waals surface area (Å²) in [5.41, 5.74) is 13.9. The van der Waals surface area contributed by atoms with Gasteiger partial charge in [-0.2, -0.15) is 0 Å². The zero-order valence-corrected chi connectivity index (χ0v) is 13.6. The summed E-state index contributed by atoms with van der Waals surface area (Å²) < 4.78 is 0. The predicted octanol–water partition coefficient (Wildman–Crippen LogP) is 3.03. The van der Waals surface area contributed by atoms with Crippen LogP contribution in [0.5, 0.6) is 0 Å². The van der Waals surface area contributed by atoms with Crippen LogP contribution in [0, 0.1) is 0 Å². The minimum absolute atomic E-state index is 0.144. The molecule has 1 aromatic heterocycles. The van der Waals surface area contributed by atoms with Gasteiger partial charge < -0.3 is 11.5 Å². The van der Waals surface area contributed by atoms with Crippen LogP contribution in [0.2, 0.25) is 0 Å². The fraction of sp³-hybridized carbons (Fsp3) is 0.176. The van der Waals surface area contributed by atoms with E-state index in [0.717, 1.165) is 22.0 Å². The fourth-order valence-corrected chi connectivity index (χ4v) is 3.09. The molecule has 1 amide bonds. The van der Waals surface area contributed by atoms with E-state index >= 15 is 0 Å². The van der Waals surface area contributed by atoms with Crippen molar-refractivity contribution in [1.29, 1.82) is 0 Å². The van der Waals surface area contributed by atoms with Gasteiger partial charge in [0.1, 0.15) is 0 Å². The molecule has 0 fully saturated rings. The molecule has 1 heterocycles. The molecule has 0 bridgehead atoms. The lowest BCUT2D eigenvalue weighted by molar-refractivity contribution is 0.102. The second kappa shape index (κ2) is 6.45. The highest BCUT2D eigenvalue weighted by molar-refractivity contribution is 7.14. The van der Waals surface area contributed by atoms with Gasteiger partial charge >= 0.3 is 0 Å². The van der Waals surface area contributed by atoms with Gasteiger partial charge in [0.15, 0.2) is 5.13 Å². The van der Waals surface area contributed by atoms with Crippen LogP contribution in [0.1, 0.15) is 34.6 Å². The molecule has 3 aromatic rings. The van der Waals surface area contributed by atoms with Crippen molar-refractivity contribution >= 4 is 33.1 Å². The van der Waals surface area contributed by atoms with Crippen LogP contribution in [0.15, 0.2) is 41.8 Å². The van der Waals surface area contributed by atoms with Crippen LogP contribution in [0.25, 0.3) is 10.8 Å². The van der Waals surface area contributed by atoms with Crippen LogP contribution >= 0.6 is 11.3 Å². The van der Waals surface area contributed by atoms with Crippen molar-refractivity contribution in [3.05, 3.63) is 58.6 Å². The Morgan fingerprint density at radius 1 is 1.26 bits per heavy atom. The van der Waals surface area contributed by atoms with Crippen molar-refractivity contribution in [2.45, 2.75) is 19.5 Å². The SMILES string of the molecule is C[C@H](N)c1csc(NC(=O)c2ccc3cc(CN)ccc3c2)n1. The Labute approximate surface area is 138 Å². The topological polar surface area (TPSA) is 94.0 Å². The number of thiazole rings is 1. The molecule has 2 aromatic carbocycles. The molecule has 5 nitrogen and oxygen atoms in total. The van der Waals surface area contributed by atoms with E-state index in [0.29, 0.717) is 17.2 Å². The summed E-state index contributed by atoms with van der Waals surface area (Å²) in [7, 11) is 0. The molecule has 0 spiro atoms. The second-order valence-corrected chi connectivity index (χ2v) is 6.28. The molecule has 0 aliphatic rings. The molecular weight excluding hydrogens is 308 g/mol. The molecule has 0 unspecified atom stereocenters. The van der Waals surface area contributed by atoms with E-state index in [9.17, 15) is 4.79 Å². The van der Waals surface area contributed by atoms with Gasteiger partial charge in [-0.05, 0) is 41.5 Å². The van der Waals surface area contributed by atoms with E-state index in [1.807, 2.05) is 42.6 Å². The molecule has 0 aliphatic carbocycles. The van der Waals surface area contributed by atoms with Crippen LogP contribution in [0.3, 0.4) is 0 Å². The first-order chi connectivity index (χ1) is 11.1. The number of hydrogen-bond donors (Lipinski definition) is 3. The molecule has 0 saturated carbocycles. The summed E-state index contributed by atoms with van der Waals surface area (Å²) in [6.45, 7) is 2.36. The number of benzene rings is 2. The third-order valence-electron chi connectivity index (χ3n) is 3.61. The van der Waals surface area contributed by atoms with Gasteiger partial charge in [-0.3, -0.25) is 10.1 Å². The highest BCUT2D eigenvalue weighted by atomic mass is 32.1. The molecule has 6 heteroatoms. The number of nitrogens with zero attached hydrogens (tertiary/aromatic N) is 1. The molecule has 118 valence electrons. The molecule has 0 aliphatic heterocycles. The van der Waals surface area contributed by atoms with Crippen molar-refractivity contribution in [1.82, 2.24) is 4.98 Å². The standard InChI is InChI=1S/C17H18N4OS/c1-10(19)15-9-23-17(20-15)21-16(22)14-5-4-12-6-11(8-18)2-3-13(12)7-14/h2-7,9-10H,8,18-19H2,1H3,(H,20,21,22)/t10-/m0/s1. The molecule has 3 rings (SSSR count). The Kier molecular flexibility index (Phi) is 4.38. The quantitative estimate of drug-likeness (QED) is 0.687. The molecule has 0 radical (unpaired) electrons. The number of nitrogens with two attached hydrogens (primary N) is 2. The molecule has 5 N–H and O–H groups in total. The first-order valence-corrected chi connectivity index (χ1v) is 8.20. The Bertz CT molecular complexity index is 857. The summed E-state index contributed by atoms with van der Waals surface area (Å²) in [4.78, 5) is 16.7. The van der Waals surface area contributed by atoms with Gasteiger partial charge in [-0.25, -0.2) is 4.98 Å². The first kappa shape index (κ1) is 15.6. The number of hydrogen-bond acceptors (Lipinski definition) is 5. The molecule has 0 saturated heterocycles. The van der Waals surface area contributed by atoms with E-state index in [-0.39, 0.29) is 11.9 Å². The fourth-order valence-electron chi connectivity index (χ4n) is 2.29. The van der Waals surface area contributed by atoms with Gasteiger partial charge in [0, 0.05) is 23.5 Å². The van der Waals surface area contributed by atoms with Gasteiger partial charge in [0.25, 0.3) is 5.91 Å². The lowest BCUT2D eigenvalue weighted by atomic mass is 10.0. The average Bonchev–Trinajstić information content (AvgIpc) is 3.02. The number of carbonyl (C=O) groups is 1. The van der Waals surface area contributed by atoms with Crippen molar-refractivity contribution in [2.24, 2.45) is 11.5 Å². The third-order valence-corrected chi connectivity index (χ3v) is 4.39. The molecule has 23 heavy (non-hydrogen) atoms. The van der Waals surface area contributed by atoms with Gasteiger partial charge in [-0.15, -0.1) is 11.3 Å². The van der Waals surface area contributed by atoms with E-state index in [2.05, 4.69) is 10.3 Å². The van der Waals surface area contributed by atoms with Gasteiger partial charge in [-0.1, -0.05) is 18.2 Å². The summed E-state index contributed by atoms with van der Waals surface area (Å²) in [5, 5.41) is 7.30. The largest absolute Gasteiger partial charge is 0.326 e. The van der Waals surface area contributed by atoms with Crippen molar-refractivity contribution in [3.8, 4) is 0 Å². The number of fused-ring (bicyclic) bond motifs is 1. The summed E-state index contributed by atoms with van der Waals surface area (Å²) in [6.07, 6.45) is 0. The van der Waals surface area contributed by atoms with Gasteiger partial charge in [0.05, 0.1) is 5.69 Å². The van der Waals surface area contributed by atoms with E-state index in [4.69, 9.17) is 11.5 Å². The Morgan fingerprint density at radius 2 is 2.00 bits per heavy atom. The smallest absolute Gasteiger partial charge is 0.257 e. The van der Waals surface area contributed by atoms with E-state index < -0.39 is 0 Å². The first-order valence-electron chi connectivity index (χ1n) is 7.32. The lowest BCUT2D eigenvalue weighted by Gasteiger charge is -2.05. The minimum Gasteiger partial charge on any atom is -0.326 e. The third kappa shape index (κ3) is 3.39. The number of aromatic nitrogens is 1. The number of anilines is 1. The van der Waals surface area contributed by atoms with Crippen molar-refractivity contribution in [2.75, 3.05) is 5.32 Å². The normalized spacial score (nSPS) is 12.3. The second-order valence-electron chi connectivity index (χ2n) is 5.42. The number of carbonyl (C=O) groups excluding carboxylic acids is 1. The summed E-state index contributed by atoms with van der Waals surface area (Å²) in [6, 6.07) is 11.4. The Balaban J connectivity index is 1.82. The Morgan fingerprint density at radius 3 is 2.70 bits per heavy atom. The highest BCUT2D eigenvalue weighted by Crippen LogP contribution is 2.22. The van der Waals surface area contributed by atoms with Crippen LogP contribution < -0.4 is 16.8 Å². The average molecular weight is 326 g/mol. The maximum atomic E-state index is 12.4. The predicted molar refractivity (Wildman–Crippen MR) is 94.5 cm³/mol. The van der Waals surface area contributed by atoms with Crippen LogP contribution in [-0.2, 0) is 6.54 Å². The number of rotatable bonds is 4. The molecular formula is C17H18N4OS. The zero-order chi connectivity index (χ0) is 16.4. The van der Waals surface area contributed by atoms with Crippen LogP contribution in [-0.4, -0.2) is 10.9 Å². The minimum atomic E-state index is -0.180. The van der Waals surface area contributed by atoms with Crippen LogP contribution in [0.4, 0.5) is 5.13 Å².